The molecule has 11 heteroatoms. The maximum absolute atomic E-state index is 12.9. The van der Waals surface area contributed by atoms with Crippen LogP contribution >= 0.6 is 11.6 Å². The number of anilines is 5. The molecule has 2 heterocycles. The summed E-state index contributed by atoms with van der Waals surface area (Å²) in [6.07, 6.45) is 1.45. The van der Waals surface area contributed by atoms with E-state index >= 15 is 0 Å². The van der Waals surface area contributed by atoms with Crippen LogP contribution in [0.3, 0.4) is 0 Å². The van der Waals surface area contributed by atoms with Gasteiger partial charge in [-0.3, -0.25) is 0 Å². The van der Waals surface area contributed by atoms with Crippen molar-refractivity contribution in [3.05, 3.63) is 53.2 Å². The van der Waals surface area contributed by atoms with E-state index in [1.54, 1.807) is 38.1 Å². The van der Waals surface area contributed by atoms with Crippen molar-refractivity contribution in [2.45, 2.75) is 57.8 Å². The molecule has 3 aromatic rings. The lowest BCUT2D eigenvalue weighted by molar-refractivity contribution is 0.243. The van der Waals surface area contributed by atoms with Crippen LogP contribution in [0.5, 0.6) is 5.75 Å². The SMILES string of the molecule is CCN1CCN(c2cc(OC(C)C)c(Nc3ncc(Cl)c(Nc4ccccc4S(=O)(=O)C(C)C)n3)cc2C)CC1. The van der Waals surface area contributed by atoms with Crippen molar-refractivity contribution >= 4 is 50.3 Å². The Morgan fingerprint density at radius 2 is 1.73 bits per heavy atom. The quantitative estimate of drug-likeness (QED) is 0.294. The molecule has 0 radical (unpaired) electrons. The van der Waals surface area contributed by atoms with Gasteiger partial charge in [-0.1, -0.05) is 30.7 Å². The molecule has 40 heavy (non-hydrogen) atoms. The number of piperazine rings is 1. The highest BCUT2D eigenvalue weighted by Gasteiger charge is 2.24. The van der Waals surface area contributed by atoms with E-state index in [9.17, 15) is 8.42 Å². The number of nitrogens with zero attached hydrogens (tertiary/aromatic N) is 4. The monoisotopic (exact) mass is 586 g/mol. The largest absolute Gasteiger partial charge is 0.489 e. The summed E-state index contributed by atoms with van der Waals surface area (Å²) in [5.74, 6) is 1.29. The molecule has 1 aliphatic heterocycles. The summed E-state index contributed by atoms with van der Waals surface area (Å²) in [6.45, 7) is 16.6. The van der Waals surface area contributed by atoms with Crippen molar-refractivity contribution < 1.29 is 13.2 Å². The summed E-state index contributed by atoms with van der Waals surface area (Å²) in [7, 11) is -3.53. The molecule has 1 aliphatic rings. The Labute approximate surface area is 242 Å². The van der Waals surface area contributed by atoms with Gasteiger partial charge in [0.15, 0.2) is 15.7 Å². The first-order chi connectivity index (χ1) is 19.0. The number of benzene rings is 2. The van der Waals surface area contributed by atoms with Crippen molar-refractivity contribution in [1.29, 1.82) is 0 Å². The third-order valence-corrected chi connectivity index (χ3v) is 9.37. The zero-order valence-corrected chi connectivity index (χ0v) is 25.6. The molecule has 4 rings (SSSR count). The lowest BCUT2D eigenvalue weighted by Gasteiger charge is -2.36. The van der Waals surface area contributed by atoms with E-state index < -0.39 is 15.1 Å². The molecule has 216 valence electrons. The van der Waals surface area contributed by atoms with E-state index in [4.69, 9.17) is 16.3 Å². The van der Waals surface area contributed by atoms with Crippen molar-refractivity contribution in [3.8, 4) is 5.75 Å². The minimum absolute atomic E-state index is 0.0317. The van der Waals surface area contributed by atoms with Crippen LogP contribution in [-0.4, -0.2) is 67.4 Å². The van der Waals surface area contributed by atoms with Gasteiger partial charge in [0.05, 0.1) is 33.8 Å². The molecule has 0 spiro atoms. The van der Waals surface area contributed by atoms with Crippen LogP contribution in [0.2, 0.25) is 5.02 Å². The Balaban J connectivity index is 1.64. The first-order valence-electron chi connectivity index (χ1n) is 13.7. The molecule has 2 N–H and O–H groups in total. The Bertz CT molecular complexity index is 1440. The Morgan fingerprint density at radius 3 is 2.38 bits per heavy atom. The van der Waals surface area contributed by atoms with Crippen LogP contribution in [0.15, 0.2) is 47.5 Å². The van der Waals surface area contributed by atoms with Crippen LogP contribution in [0.1, 0.15) is 40.2 Å². The van der Waals surface area contributed by atoms with Gasteiger partial charge in [0.2, 0.25) is 5.95 Å². The summed E-state index contributed by atoms with van der Waals surface area (Å²) in [5, 5.41) is 6.08. The Kier molecular flexibility index (Phi) is 9.43. The summed E-state index contributed by atoms with van der Waals surface area (Å²) in [5.41, 5.74) is 3.40. The van der Waals surface area contributed by atoms with Gasteiger partial charge >= 0.3 is 0 Å². The third kappa shape index (κ3) is 6.79. The lowest BCUT2D eigenvalue weighted by Crippen LogP contribution is -2.46. The number of hydrogen-bond donors (Lipinski definition) is 2. The molecule has 1 fully saturated rings. The average molecular weight is 587 g/mol. The molecule has 0 bridgehead atoms. The fourth-order valence-corrected chi connectivity index (χ4v) is 5.95. The van der Waals surface area contributed by atoms with Gasteiger partial charge in [0.25, 0.3) is 0 Å². The molecular weight excluding hydrogens is 548 g/mol. The van der Waals surface area contributed by atoms with Crippen LogP contribution in [0, 0.1) is 6.92 Å². The highest BCUT2D eigenvalue weighted by atomic mass is 35.5. The molecule has 0 atom stereocenters. The predicted molar refractivity (Wildman–Crippen MR) is 164 cm³/mol. The minimum atomic E-state index is -3.53. The number of sulfone groups is 1. The van der Waals surface area contributed by atoms with Gasteiger partial charge in [0.1, 0.15) is 10.8 Å². The summed E-state index contributed by atoms with van der Waals surface area (Å²) in [4.78, 5) is 14.0. The standard InChI is InChI=1S/C29H39ClN6O3S/c1-7-35-12-14-36(15-13-35)25-17-26(39-19(2)3)24(16-21(25)6)33-29-31-18-22(30)28(34-29)32-23-10-8-9-11-27(23)40(37,38)20(4)5/h8-11,16-20H,7,12-15H2,1-6H3,(H2,31,32,33,34). The number of nitrogens with one attached hydrogen (secondary N) is 2. The van der Waals surface area contributed by atoms with Gasteiger partial charge in [-0.25, -0.2) is 13.4 Å². The molecule has 1 aromatic heterocycles. The number of rotatable bonds is 10. The van der Waals surface area contributed by atoms with Crippen molar-refractivity contribution in [2.75, 3.05) is 48.3 Å². The van der Waals surface area contributed by atoms with E-state index in [1.165, 1.54) is 6.20 Å². The summed E-state index contributed by atoms with van der Waals surface area (Å²) >= 11 is 6.43. The van der Waals surface area contributed by atoms with Crippen LogP contribution in [0.4, 0.5) is 28.8 Å². The van der Waals surface area contributed by atoms with E-state index in [-0.39, 0.29) is 16.0 Å². The smallest absolute Gasteiger partial charge is 0.229 e. The molecule has 0 amide bonds. The highest BCUT2D eigenvalue weighted by molar-refractivity contribution is 7.92. The number of likely N-dealkylation sites (N-methyl/N-ethyl adjacent to an activating group) is 1. The molecule has 9 nitrogen and oxygen atoms in total. The zero-order valence-electron chi connectivity index (χ0n) is 24.0. The summed E-state index contributed by atoms with van der Waals surface area (Å²) < 4.78 is 32.1. The first kappa shape index (κ1) is 29.9. The normalized spacial score (nSPS) is 14.6. The Hall–Kier alpha value is -3.08. The van der Waals surface area contributed by atoms with Crippen molar-refractivity contribution in [1.82, 2.24) is 14.9 Å². The summed E-state index contributed by atoms with van der Waals surface area (Å²) in [6, 6.07) is 10.9. The Morgan fingerprint density at radius 1 is 1.02 bits per heavy atom. The maximum Gasteiger partial charge on any atom is 0.229 e. The second-order valence-corrected chi connectivity index (χ2v) is 13.3. The van der Waals surface area contributed by atoms with Crippen LogP contribution in [-0.2, 0) is 9.84 Å². The van der Waals surface area contributed by atoms with E-state index in [2.05, 4.69) is 56.4 Å². The number of ether oxygens (including phenoxy) is 1. The zero-order chi connectivity index (χ0) is 29.0. The molecule has 0 aliphatic carbocycles. The number of aryl methyl sites for hydroxylation is 1. The minimum Gasteiger partial charge on any atom is -0.489 e. The van der Waals surface area contributed by atoms with Gasteiger partial charge in [-0.05, 0) is 64.9 Å². The maximum atomic E-state index is 12.9. The number of hydrogen-bond acceptors (Lipinski definition) is 9. The van der Waals surface area contributed by atoms with Gasteiger partial charge < -0.3 is 25.2 Å². The van der Waals surface area contributed by atoms with Crippen LogP contribution < -0.4 is 20.3 Å². The number of para-hydroxylation sites is 1. The van der Waals surface area contributed by atoms with Gasteiger partial charge in [-0.15, -0.1) is 0 Å². The third-order valence-electron chi connectivity index (χ3n) is 6.88. The van der Waals surface area contributed by atoms with E-state index in [0.29, 0.717) is 23.2 Å². The fourth-order valence-electron chi connectivity index (χ4n) is 4.61. The second-order valence-electron chi connectivity index (χ2n) is 10.5. The average Bonchev–Trinajstić information content (AvgIpc) is 2.92. The van der Waals surface area contributed by atoms with Crippen LogP contribution in [0.25, 0.3) is 0 Å². The topological polar surface area (TPSA) is 99.7 Å². The molecule has 0 unspecified atom stereocenters. The molecule has 2 aromatic carbocycles. The van der Waals surface area contributed by atoms with Crippen molar-refractivity contribution in [2.24, 2.45) is 0 Å². The van der Waals surface area contributed by atoms with Crippen molar-refractivity contribution in [3.63, 3.8) is 0 Å². The van der Waals surface area contributed by atoms with E-state index in [0.717, 1.165) is 49.7 Å². The first-order valence-corrected chi connectivity index (χ1v) is 15.6. The second kappa shape index (κ2) is 12.6. The fraction of sp³-hybridized carbons (Fsp3) is 0.448. The number of aromatic nitrogens is 2. The number of halogens is 1. The molecule has 0 saturated carbocycles. The predicted octanol–water partition coefficient (Wildman–Crippen LogP) is 6.04. The van der Waals surface area contributed by atoms with Gasteiger partial charge in [0, 0.05) is 37.9 Å². The molecular formula is C29H39ClN6O3S. The lowest BCUT2D eigenvalue weighted by atomic mass is 10.1. The molecule has 1 saturated heterocycles. The van der Waals surface area contributed by atoms with E-state index in [1.807, 2.05) is 13.8 Å². The highest BCUT2D eigenvalue weighted by Crippen LogP contribution is 2.37. The van der Waals surface area contributed by atoms with Gasteiger partial charge in [-0.2, -0.15) is 4.98 Å².